The Labute approximate surface area is 827 Å². The fourth-order valence-electron chi connectivity index (χ4n) is 14.2. The molecule has 3 atom stereocenters. The third-order valence-corrected chi connectivity index (χ3v) is 20.3. The Balaban J connectivity index is 0.000000197. The molecule has 126 heavy (non-hydrogen) atoms. The third-order valence-electron chi connectivity index (χ3n) is 20.3. The minimum Gasteiger partial charge on any atom is -0.486 e. The first kappa shape index (κ1) is 63.0. The zero-order chi connectivity index (χ0) is 113. The Bertz CT molecular complexity index is 7550. The van der Waals surface area contributed by atoms with E-state index in [4.69, 9.17) is 54.4 Å². The Morgan fingerprint density at radius 3 is 0.937 bits per heavy atom. The van der Waals surface area contributed by atoms with Gasteiger partial charge in [0.25, 0.3) is 0 Å². The largest absolute Gasteiger partial charge is 0.486 e. The van der Waals surface area contributed by atoms with E-state index in [1.165, 1.54) is 88.2 Å². The van der Waals surface area contributed by atoms with Crippen molar-refractivity contribution in [2.24, 2.45) is 0 Å². The predicted molar refractivity (Wildman–Crippen MR) is 508 cm³/mol. The van der Waals surface area contributed by atoms with Crippen molar-refractivity contribution in [2.75, 3.05) is 0 Å². The molecule has 12 aromatic heterocycles. The van der Waals surface area contributed by atoms with Crippen molar-refractivity contribution in [1.29, 1.82) is 0 Å². The monoisotopic (exact) mass is 2230 g/mol. The van der Waals surface area contributed by atoms with Crippen molar-refractivity contribution < 1.29 is 115 Å². The second-order valence-electron chi connectivity index (χ2n) is 30.5. The molecule has 0 aliphatic rings. The normalized spacial score (nSPS) is 17.0. The zero-order valence-electron chi connectivity index (χ0n) is 102. The Hall–Kier alpha value is -11.0. The molecule has 3 radical (unpaired) electrons. The minimum absolute atomic E-state index is 0. The molecule has 0 aliphatic carbocycles. The van der Waals surface area contributed by atoms with Gasteiger partial charge in [0.05, 0.1) is 16.7 Å². The van der Waals surface area contributed by atoms with Crippen LogP contribution in [0.4, 0.5) is 0 Å². The van der Waals surface area contributed by atoms with E-state index in [2.05, 4.69) is 81.3 Å². The fourth-order valence-corrected chi connectivity index (χ4v) is 14.2. The zero-order valence-corrected chi connectivity index (χ0v) is 79.5. The van der Waals surface area contributed by atoms with E-state index < -0.39 is 90.2 Å². The molecule has 3 unspecified atom stereocenters. The number of nitrogens with zero attached hydrogens (tertiary/aromatic N) is 9. The topological polar surface area (TPSA) is 155 Å². The summed E-state index contributed by atoms with van der Waals surface area (Å²) in [5.74, 6) is -8.92. The van der Waals surface area contributed by atoms with Crippen LogP contribution in [0.25, 0.3) is 134 Å². The average Bonchev–Trinajstić information content (AvgIpc) is 1.57. The number of hydrogen-bond donors (Lipinski definition) is 0. The second-order valence-corrected chi connectivity index (χ2v) is 30.5. The fraction of sp³-hybridized carbons (Fsp3) is 0.270. The summed E-state index contributed by atoms with van der Waals surface area (Å²) in [4.78, 5) is 39.3. The van der Waals surface area contributed by atoms with Gasteiger partial charge in [0.15, 0.2) is 0 Å². The molecule has 0 bridgehead atoms. The van der Waals surface area contributed by atoms with Crippen LogP contribution >= 0.6 is 0 Å². The van der Waals surface area contributed by atoms with Crippen LogP contribution in [0.15, 0.2) is 214 Å². The SMILES string of the molecule is [2H]C([2H])([2H])c1c[c-]c(-c2cc(C([2H])(C)C([2H])([2H])[2H])c(C)cn2)c2oc3nc(C)cc(C([2H])(C)C)c3c12.[2H]C([2H])([2H])c1c[c-]c(-c2cc(C([2H])(C)C([2H])([2H])[2H])c(C)cn2)c2oc3nc(C)cc(C([2H])(C)C)c3c12.[2H]C([2H])([2H])c1c[c-]c(-c2cc(C([2H])(C)C([2H])([2H])[2H])c(C)cn2)c2oc3nc(C)cc(C([2H])(C)C)c3c12.[2H]C([2H])([2H])c1ccc(-c2[c-]cccc2)nc1.[2H]C([2H])([2H])c1cnc(-c2[c-]cccc2)cc1C.[Ir].[Ir].[Ir].[c-]1ccccc1-c1ccccn1. The summed E-state index contributed by atoms with van der Waals surface area (Å²) in [7, 11) is 0. The summed E-state index contributed by atoms with van der Waals surface area (Å²) in [6, 6.07) is 65.8. The van der Waals surface area contributed by atoms with E-state index in [9.17, 15) is 0 Å². The van der Waals surface area contributed by atoms with Gasteiger partial charge in [-0.1, -0.05) is 190 Å². The molecule has 18 rings (SSSR count). The molecule has 0 spiro atoms. The van der Waals surface area contributed by atoms with Crippen LogP contribution in [0.1, 0.15) is 260 Å². The van der Waals surface area contributed by atoms with Gasteiger partial charge in [-0.3, -0.25) is 0 Å². The van der Waals surface area contributed by atoms with Gasteiger partial charge in [-0.15, -0.1) is 161 Å². The number of pyridine rings is 9. The molecule has 12 nitrogen and oxygen atoms in total. The third kappa shape index (κ3) is 22.0. The Kier molecular flexibility index (Phi) is 21.5. The molecule has 0 amide bonds. The minimum atomic E-state index is -2.59. The van der Waals surface area contributed by atoms with Gasteiger partial charge in [0.2, 0.25) is 17.1 Å². The van der Waals surface area contributed by atoms with E-state index in [1.807, 2.05) is 84.9 Å². The molecule has 651 valence electrons. The summed E-state index contributed by atoms with van der Waals surface area (Å²) in [5.41, 5.74) is 15.6. The molecule has 0 saturated heterocycles. The molecule has 0 aliphatic heterocycles. The van der Waals surface area contributed by atoms with E-state index in [1.54, 1.807) is 139 Å². The van der Waals surface area contributed by atoms with Crippen LogP contribution in [-0.2, 0) is 60.3 Å². The quantitative estimate of drug-likeness (QED) is 0.107. The number of aryl methyl sites for hydroxylation is 12. The molecule has 12 heterocycles. The molecule has 0 saturated carbocycles. The van der Waals surface area contributed by atoms with Gasteiger partial charge in [-0.05, 0) is 217 Å². The number of hydrogen-bond acceptors (Lipinski definition) is 12. The van der Waals surface area contributed by atoms with Gasteiger partial charge in [-0.25, -0.2) is 15.0 Å². The number of fused-ring (bicyclic) bond motifs is 9. The van der Waals surface area contributed by atoms with Gasteiger partial charge in [-0.2, -0.15) is 0 Å². The Morgan fingerprint density at radius 2 is 0.635 bits per heavy atom. The summed E-state index contributed by atoms with van der Waals surface area (Å²) in [5, 5.41) is 2.23. The van der Waals surface area contributed by atoms with Crippen LogP contribution in [0, 0.1) is 119 Å². The van der Waals surface area contributed by atoms with Crippen LogP contribution in [0.3, 0.4) is 0 Å². The molecular weight excluding hydrogens is 2080 g/mol. The smallest absolute Gasteiger partial charge is 0.216 e. The van der Waals surface area contributed by atoms with Gasteiger partial charge in [0.1, 0.15) is 0 Å². The van der Waals surface area contributed by atoms with Gasteiger partial charge >= 0.3 is 0 Å². The van der Waals surface area contributed by atoms with Crippen LogP contribution in [0.5, 0.6) is 0 Å². The molecule has 6 aromatic carbocycles. The van der Waals surface area contributed by atoms with E-state index >= 15 is 0 Å². The maximum atomic E-state index is 8.68. The molecular formula is C111H111Ir3N9O3-6. The number of furan rings is 3. The van der Waals surface area contributed by atoms with Gasteiger partial charge < -0.3 is 43.2 Å². The second kappa shape index (κ2) is 43.0. The van der Waals surface area contributed by atoms with E-state index in [0.29, 0.717) is 122 Å². The first-order chi connectivity index (χ1) is 70.5. The summed E-state index contributed by atoms with van der Waals surface area (Å²) >= 11 is 0. The van der Waals surface area contributed by atoms with Crippen molar-refractivity contribution in [3.63, 3.8) is 0 Å². The molecule has 0 N–H and O–H groups in total. The summed E-state index contributed by atoms with van der Waals surface area (Å²) < 4.78 is 258. The van der Waals surface area contributed by atoms with E-state index in [0.717, 1.165) is 39.3 Å². The van der Waals surface area contributed by atoms with Crippen LogP contribution in [-0.4, -0.2) is 44.9 Å². The summed E-state index contributed by atoms with van der Waals surface area (Å²) in [6.07, 6.45) is 9.08. The van der Waals surface area contributed by atoms with Gasteiger partial charge in [0, 0.05) is 172 Å². The molecule has 0 fully saturated rings. The average molecular weight is 2230 g/mol. The first-order valence-corrected chi connectivity index (χ1v) is 39.6. The van der Waals surface area contributed by atoms with Crippen molar-refractivity contribution in [3.05, 3.63) is 338 Å². The maximum absolute atomic E-state index is 8.68. The van der Waals surface area contributed by atoms with Crippen LogP contribution in [0.2, 0.25) is 0 Å². The van der Waals surface area contributed by atoms with Crippen molar-refractivity contribution in [2.45, 2.75) is 201 Å². The predicted octanol–water partition coefficient (Wildman–Crippen LogP) is 29.6. The Morgan fingerprint density at radius 1 is 0.294 bits per heavy atom. The molecule has 15 heteroatoms. The van der Waals surface area contributed by atoms with Crippen molar-refractivity contribution in [1.82, 2.24) is 44.9 Å². The molecule has 18 aromatic rings. The first-order valence-electron chi connectivity index (χ1n) is 54.6. The summed E-state index contributed by atoms with van der Waals surface area (Å²) in [6.45, 7) is 7.02. The standard InChI is InChI=1S/3C25H27N2O.C13H12N.C12H10N.C11H8N.3Ir/c3*1-13(2)19-11-21(26-12-16(19)6)18-9-8-15(5)22-23-20(14(3)4)10-17(7)27-25(23)28-24(18)22;1-10-8-13(14-9-11(10)2)12-6-4-3-5-7-12;1-10-7-8-12(13-9-10)11-5-3-2-4-6-11;1-2-6-10(7-3-1)11-8-4-5-9-12-11;;;/h3*8,10-14H,1-7H3;3-6,8-9H,1-2H3;2-5,7-9H,1H3;1-6,8-9H;;;/q6*-1;;;/i3*1D3,5D3,13D,14D;2D3;1D3;;;;. The van der Waals surface area contributed by atoms with Crippen LogP contribution < -0.4 is 0 Å². The van der Waals surface area contributed by atoms with Crippen molar-refractivity contribution >= 4 is 66.2 Å². The number of rotatable bonds is 12. The number of aromatic nitrogens is 9. The van der Waals surface area contributed by atoms with Crippen molar-refractivity contribution in [3.8, 4) is 67.5 Å². The number of benzene rings is 6. The maximum Gasteiger partial charge on any atom is 0.216 e. The van der Waals surface area contributed by atoms with E-state index in [-0.39, 0.29) is 133 Å².